The maximum absolute atomic E-state index is 5.78. The second-order valence-electron chi connectivity index (χ2n) is 4.29. The van der Waals surface area contributed by atoms with Crippen LogP contribution >= 0.6 is 11.6 Å². The lowest BCUT2D eigenvalue weighted by Gasteiger charge is -2.07. The van der Waals surface area contributed by atoms with Gasteiger partial charge in [0.15, 0.2) is 0 Å². The summed E-state index contributed by atoms with van der Waals surface area (Å²) in [6.07, 6.45) is 6.26. The molecule has 96 valence electrons. The molecule has 17 heavy (non-hydrogen) atoms. The van der Waals surface area contributed by atoms with E-state index in [1.54, 1.807) is 0 Å². The summed E-state index contributed by atoms with van der Waals surface area (Å²) >= 11 is 5.78. The van der Waals surface area contributed by atoms with Crippen molar-refractivity contribution in [3.63, 3.8) is 0 Å². The Labute approximate surface area is 109 Å². The third-order valence-corrected chi connectivity index (χ3v) is 3.10. The number of nitrogens with zero attached hydrogens (tertiary/aromatic N) is 1. The Hall–Kier alpha value is -0.760. The van der Waals surface area contributed by atoms with Gasteiger partial charge in [-0.2, -0.15) is 0 Å². The van der Waals surface area contributed by atoms with E-state index in [0.717, 1.165) is 24.3 Å². The highest BCUT2D eigenvalue weighted by atomic mass is 35.5. The summed E-state index contributed by atoms with van der Waals surface area (Å²) in [5, 5.41) is 0. The fraction of sp³-hybridized carbons (Fsp3) is 0.643. The first kappa shape index (κ1) is 14.3. The van der Waals surface area contributed by atoms with E-state index in [1.807, 2.05) is 19.1 Å². The quantitative estimate of drug-likeness (QED) is 0.505. The number of hydrogen-bond acceptors (Lipinski definition) is 2. The molecular weight excluding hydrogens is 234 g/mol. The fourth-order valence-corrected chi connectivity index (χ4v) is 1.95. The number of alkyl halides is 1. The van der Waals surface area contributed by atoms with Crippen molar-refractivity contribution in [2.75, 3.05) is 6.61 Å². The lowest BCUT2D eigenvalue weighted by molar-refractivity contribution is 0.293. The van der Waals surface area contributed by atoms with E-state index in [0.29, 0.717) is 11.8 Å². The Balaban J connectivity index is 2.25. The number of aryl methyl sites for hydroxylation is 1. The average Bonchev–Trinajstić information content (AvgIpc) is 2.34. The van der Waals surface area contributed by atoms with Gasteiger partial charge in [0.1, 0.15) is 0 Å². The van der Waals surface area contributed by atoms with Crippen molar-refractivity contribution < 1.29 is 4.74 Å². The highest BCUT2D eigenvalue weighted by Gasteiger charge is 2.01. The second-order valence-corrected chi connectivity index (χ2v) is 4.56. The summed E-state index contributed by atoms with van der Waals surface area (Å²) in [5.41, 5.74) is 2.03. The predicted molar refractivity (Wildman–Crippen MR) is 72.8 cm³/mol. The molecule has 1 aromatic heterocycles. The van der Waals surface area contributed by atoms with E-state index in [1.165, 1.54) is 25.7 Å². The lowest BCUT2D eigenvalue weighted by atomic mass is 10.2. The zero-order valence-electron chi connectivity index (χ0n) is 10.8. The first-order chi connectivity index (χ1) is 8.27. The van der Waals surface area contributed by atoms with Crippen molar-refractivity contribution in [2.45, 2.75) is 51.8 Å². The maximum Gasteiger partial charge on any atom is 0.213 e. The van der Waals surface area contributed by atoms with Crippen molar-refractivity contribution in [2.24, 2.45) is 0 Å². The van der Waals surface area contributed by atoms with E-state index in [9.17, 15) is 0 Å². The van der Waals surface area contributed by atoms with Crippen LogP contribution < -0.4 is 4.74 Å². The third-order valence-electron chi connectivity index (χ3n) is 2.81. The van der Waals surface area contributed by atoms with Crippen molar-refractivity contribution >= 4 is 11.6 Å². The van der Waals surface area contributed by atoms with Gasteiger partial charge in [0.05, 0.1) is 6.61 Å². The number of pyridine rings is 1. The molecule has 0 amide bonds. The number of hydrogen-bond donors (Lipinski definition) is 0. The van der Waals surface area contributed by atoms with Crippen LogP contribution in [0.2, 0.25) is 0 Å². The van der Waals surface area contributed by atoms with Crippen molar-refractivity contribution in [3.05, 3.63) is 23.4 Å². The largest absolute Gasteiger partial charge is 0.478 e. The minimum Gasteiger partial charge on any atom is -0.478 e. The molecule has 0 saturated carbocycles. The number of halogens is 1. The Bertz CT molecular complexity index is 328. The van der Waals surface area contributed by atoms with Gasteiger partial charge >= 0.3 is 0 Å². The monoisotopic (exact) mass is 255 g/mol. The molecule has 1 aromatic rings. The van der Waals surface area contributed by atoms with Crippen molar-refractivity contribution in [3.8, 4) is 5.88 Å². The number of unbranched alkanes of at least 4 members (excludes halogenated alkanes) is 4. The maximum atomic E-state index is 5.78. The van der Waals surface area contributed by atoms with E-state index >= 15 is 0 Å². The third kappa shape index (κ3) is 5.40. The van der Waals surface area contributed by atoms with Crippen LogP contribution in [-0.4, -0.2) is 11.6 Å². The molecule has 0 N–H and O–H groups in total. The molecule has 1 heterocycles. The van der Waals surface area contributed by atoms with Crippen LogP contribution in [0, 0.1) is 6.92 Å². The van der Waals surface area contributed by atoms with Gasteiger partial charge in [-0.15, -0.1) is 11.6 Å². The molecule has 0 aliphatic heterocycles. The Morgan fingerprint density at radius 1 is 1.18 bits per heavy atom. The molecule has 2 nitrogen and oxygen atoms in total. The SMILES string of the molecule is CCCCCCCOc1ccc(CCl)c(C)n1. The Kier molecular flexibility index (Phi) is 7.02. The summed E-state index contributed by atoms with van der Waals surface area (Å²) < 4.78 is 5.61. The smallest absolute Gasteiger partial charge is 0.213 e. The van der Waals surface area contributed by atoms with Crippen LogP contribution in [0.25, 0.3) is 0 Å². The molecule has 1 rings (SSSR count). The van der Waals surface area contributed by atoms with Crippen LogP contribution in [0.15, 0.2) is 12.1 Å². The van der Waals surface area contributed by atoms with Gasteiger partial charge in [-0.3, -0.25) is 0 Å². The summed E-state index contributed by atoms with van der Waals surface area (Å²) in [5.74, 6) is 1.22. The van der Waals surface area contributed by atoms with Gasteiger partial charge in [-0.05, 0) is 18.9 Å². The van der Waals surface area contributed by atoms with Gasteiger partial charge in [-0.25, -0.2) is 4.98 Å². The lowest BCUT2D eigenvalue weighted by Crippen LogP contribution is -2.01. The molecule has 0 aromatic carbocycles. The molecule has 3 heteroatoms. The van der Waals surface area contributed by atoms with Crippen molar-refractivity contribution in [1.29, 1.82) is 0 Å². The zero-order valence-corrected chi connectivity index (χ0v) is 11.6. The van der Waals surface area contributed by atoms with Gasteiger partial charge in [-0.1, -0.05) is 38.7 Å². The van der Waals surface area contributed by atoms with Gasteiger partial charge in [0, 0.05) is 17.6 Å². The summed E-state index contributed by atoms with van der Waals surface area (Å²) in [6.45, 7) is 4.95. The molecule has 0 atom stereocenters. The summed E-state index contributed by atoms with van der Waals surface area (Å²) in [7, 11) is 0. The Morgan fingerprint density at radius 2 is 1.94 bits per heavy atom. The molecule has 0 spiro atoms. The molecule has 0 fully saturated rings. The van der Waals surface area contributed by atoms with E-state index in [2.05, 4.69) is 11.9 Å². The van der Waals surface area contributed by atoms with Crippen LogP contribution in [-0.2, 0) is 5.88 Å². The molecular formula is C14H22ClNO. The first-order valence-electron chi connectivity index (χ1n) is 6.43. The minimum absolute atomic E-state index is 0.510. The van der Waals surface area contributed by atoms with E-state index in [-0.39, 0.29) is 0 Å². The van der Waals surface area contributed by atoms with E-state index < -0.39 is 0 Å². The fourth-order valence-electron chi connectivity index (χ4n) is 1.67. The molecule has 0 saturated heterocycles. The van der Waals surface area contributed by atoms with Crippen molar-refractivity contribution in [1.82, 2.24) is 4.98 Å². The number of aromatic nitrogens is 1. The first-order valence-corrected chi connectivity index (χ1v) is 6.96. The summed E-state index contributed by atoms with van der Waals surface area (Å²) in [4.78, 5) is 4.37. The van der Waals surface area contributed by atoms with Crippen LogP contribution in [0.3, 0.4) is 0 Å². The number of rotatable bonds is 8. The number of ether oxygens (including phenoxy) is 1. The van der Waals surface area contributed by atoms with Gasteiger partial charge in [0.25, 0.3) is 0 Å². The summed E-state index contributed by atoms with van der Waals surface area (Å²) in [6, 6.07) is 3.89. The predicted octanol–water partition coefficient (Wildman–Crippen LogP) is 4.48. The highest BCUT2D eigenvalue weighted by Crippen LogP contribution is 2.14. The zero-order chi connectivity index (χ0) is 12.5. The van der Waals surface area contributed by atoms with Crippen LogP contribution in [0.4, 0.5) is 0 Å². The minimum atomic E-state index is 0.510. The molecule has 0 aliphatic carbocycles. The van der Waals surface area contributed by atoms with E-state index in [4.69, 9.17) is 16.3 Å². The topological polar surface area (TPSA) is 22.1 Å². The standard InChI is InChI=1S/C14H22ClNO/c1-3-4-5-6-7-10-17-14-9-8-13(11-15)12(2)16-14/h8-9H,3-7,10-11H2,1-2H3. The second kappa shape index (κ2) is 8.35. The highest BCUT2D eigenvalue weighted by molar-refractivity contribution is 6.17. The van der Waals surface area contributed by atoms with Crippen LogP contribution in [0.5, 0.6) is 5.88 Å². The molecule has 0 unspecified atom stereocenters. The Morgan fingerprint density at radius 3 is 2.59 bits per heavy atom. The van der Waals surface area contributed by atoms with Crippen LogP contribution in [0.1, 0.15) is 50.3 Å². The molecule has 0 radical (unpaired) electrons. The average molecular weight is 256 g/mol. The normalized spacial score (nSPS) is 10.5. The van der Waals surface area contributed by atoms with Gasteiger partial charge < -0.3 is 4.74 Å². The van der Waals surface area contributed by atoms with Gasteiger partial charge in [0.2, 0.25) is 5.88 Å². The molecule has 0 aliphatic rings. The molecule has 0 bridgehead atoms.